The van der Waals surface area contributed by atoms with E-state index in [1.54, 1.807) is 6.33 Å². The summed E-state index contributed by atoms with van der Waals surface area (Å²) in [4.78, 5) is 15.8. The van der Waals surface area contributed by atoms with Crippen LogP contribution in [0.5, 0.6) is 5.75 Å². The van der Waals surface area contributed by atoms with Crippen molar-refractivity contribution in [3.05, 3.63) is 43.0 Å². The molecule has 3 aromatic rings. The van der Waals surface area contributed by atoms with Gasteiger partial charge in [-0.1, -0.05) is 18.2 Å². The third kappa shape index (κ3) is 5.03. The van der Waals surface area contributed by atoms with Crippen molar-refractivity contribution in [2.75, 3.05) is 38.1 Å². The van der Waals surface area contributed by atoms with Crippen LogP contribution in [-0.2, 0) is 6.54 Å². The lowest BCUT2D eigenvalue weighted by molar-refractivity contribution is 0.139. The maximum atomic E-state index is 5.93. The van der Waals surface area contributed by atoms with E-state index in [0.717, 1.165) is 68.5 Å². The maximum Gasteiger partial charge on any atom is 0.165 e. The Morgan fingerprint density at radius 2 is 1.90 bits per heavy atom. The number of hydrogen-bond donors (Lipinski definition) is 1. The summed E-state index contributed by atoms with van der Waals surface area (Å²) in [5.74, 6) is 2.45. The van der Waals surface area contributed by atoms with Crippen LogP contribution < -0.4 is 10.1 Å². The van der Waals surface area contributed by atoms with Crippen LogP contribution in [0, 0.1) is 5.92 Å². The average molecular weight is 395 g/mol. The van der Waals surface area contributed by atoms with Crippen molar-refractivity contribution in [1.82, 2.24) is 24.4 Å². The Hall–Kier alpha value is -2.67. The van der Waals surface area contributed by atoms with Gasteiger partial charge < -0.3 is 19.5 Å². The monoisotopic (exact) mass is 394 g/mol. The minimum Gasteiger partial charge on any atom is -0.493 e. The van der Waals surface area contributed by atoms with Gasteiger partial charge in [0.2, 0.25) is 0 Å². The van der Waals surface area contributed by atoms with Gasteiger partial charge in [0.25, 0.3) is 0 Å². The number of ether oxygens (including phenoxy) is 1. The predicted octanol–water partition coefficient (Wildman–Crippen LogP) is 3.44. The van der Waals surface area contributed by atoms with Crippen molar-refractivity contribution >= 4 is 17.0 Å². The SMILES string of the molecule is CCNc1ncnc2c1ncn2CCCN1CCC(COc2ccccc2)CC1. The molecule has 1 saturated heterocycles. The molecule has 0 atom stereocenters. The second-order valence-corrected chi connectivity index (χ2v) is 7.63. The first-order valence-corrected chi connectivity index (χ1v) is 10.6. The van der Waals surface area contributed by atoms with Gasteiger partial charge in [-0.2, -0.15) is 0 Å². The number of nitrogens with one attached hydrogen (secondary N) is 1. The number of anilines is 1. The van der Waals surface area contributed by atoms with Gasteiger partial charge in [-0.25, -0.2) is 15.0 Å². The summed E-state index contributed by atoms with van der Waals surface area (Å²) in [7, 11) is 0. The zero-order chi connectivity index (χ0) is 19.9. The largest absolute Gasteiger partial charge is 0.493 e. The van der Waals surface area contributed by atoms with Gasteiger partial charge in [0, 0.05) is 13.1 Å². The molecular weight excluding hydrogens is 364 g/mol. The van der Waals surface area contributed by atoms with E-state index in [9.17, 15) is 0 Å². The maximum absolute atomic E-state index is 5.93. The van der Waals surface area contributed by atoms with E-state index < -0.39 is 0 Å². The molecule has 1 aromatic carbocycles. The normalized spacial score (nSPS) is 15.6. The first-order valence-electron chi connectivity index (χ1n) is 10.6. The molecule has 7 heteroatoms. The molecule has 0 saturated carbocycles. The number of rotatable bonds is 9. The van der Waals surface area contributed by atoms with Crippen LogP contribution in [0.15, 0.2) is 43.0 Å². The summed E-state index contributed by atoms with van der Waals surface area (Å²) in [6.45, 7) is 8.05. The number of benzene rings is 1. The number of hydrogen-bond acceptors (Lipinski definition) is 6. The molecular formula is C22H30N6O. The molecule has 0 aliphatic carbocycles. The zero-order valence-electron chi connectivity index (χ0n) is 17.1. The third-order valence-corrected chi connectivity index (χ3v) is 5.55. The van der Waals surface area contributed by atoms with Crippen molar-refractivity contribution < 1.29 is 4.74 Å². The van der Waals surface area contributed by atoms with E-state index >= 15 is 0 Å². The molecule has 3 heterocycles. The Balaban J connectivity index is 1.20. The highest BCUT2D eigenvalue weighted by atomic mass is 16.5. The van der Waals surface area contributed by atoms with Crippen molar-refractivity contribution in [3.8, 4) is 5.75 Å². The second-order valence-electron chi connectivity index (χ2n) is 7.63. The molecule has 29 heavy (non-hydrogen) atoms. The number of nitrogens with zero attached hydrogens (tertiary/aromatic N) is 5. The van der Waals surface area contributed by atoms with Gasteiger partial charge in [-0.3, -0.25) is 0 Å². The topological polar surface area (TPSA) is 68.1 Å². The van der Waals surface area contributed by atoms with Crippen molar-refractivity contribution in [1.29, 1.82) is 0 Å². The van der Waals surface area contributed by atoms with Gasteiger partial charge in [0.1, 0.15) is 17.6 Å². The highest BCUT2D eigenvalue weighted by Crippen LogP contribution is 2.20. The Labute approximate surface area is 172 Å². The van der Waals surface area contributed by atoms with Gasteiger partial charge in [-0.15, -0.1) is 0 Å². The van der Waals surface area contributed by atoms with Crippen molar-refractivity contribution in [2.45, 2.75) is 32.7 Å². The first-order chi connectivity index (χ1) is 14.3. The number of piperidine rings is 1. The van der Waals surface area contributed by atoms with Crippen molar-refractivity contribution in [3.63, 3.8) is 0 Å². The lowest BCUT2D eigenvalue weighted by Crippen LogP contribution is -2.36. The van der Waals surface area contributed by atoms with Crippen LogP contribution in [-0.4, -0.2) is 57.2 Å². The Bertz CT molecular complexity index is 889. The number of aryl methyl sites for hydroxylation is 1. The average Bonchev–Trinajstić information content (AvgIpc) is 3.18. The first kappa shape index (κ1) is 19.6. The molecule has 2 aromatic heterocycles. The zero-order valence-corrected chi connectivity index (χ0v) is 17.1. The summed E-state index contributed by atoms with van der Waals surface area (Å²) in [6, 6.07) is 10.1. The quantitative estimate of drug-likeness (QED) is 0.600. The van der Waals surface area contributed by atoms with Gasteiger partial charge in [0.15, 0.2) is 11.5 Å². The highest BCUT2D eigenvalue weighted by molar-refractivity contribution is 5.82. The molecule has 154 valence electrons. The van der Waals surface area contributed by atoms with E-state index in [1.165, 1.54) is 12.8 Å². The van der Waals surface area contributed by atoms with Gasteiger partial charge in [-0.05, 0) is 63.9 Å². The molecule has 0 unspecified atom stereocenters. The number of imidazole rings is 1. The summed E-state index contributed by atoms with van der Waals surface area (Å²) in [6.07, 6.45) is 7.01. The Kier molecular flexibility index (Phi) is 6.56. The minimum atomic E-state index is 0.658. The lowest BCUT2D eigenvalue weighted by atomic mass is 9.97. The molecule has 1 N–H and O–H groups in total. The van der Waals surface area contributed by atoms with Gasteiger partial charge in [0.05, 0.1) is 12.9 Å². The van der Waals surface area contributed by atoms with Crippen LogP contribution >= 0.6 is 0 Å². The minimum absolute atomic E-state index is 0.658. The molecule has 0 bridgehead atoms. The van der Waals surface area contributed by atoms with E-state index in [2.05, 4.69) is 36.7 Å². The molecule has 1 fully saturated rings. The standard InChI is InChI=1S/C22H30N6O/c1-2-23-21-20-22(25-16-24-21)28(17-26-20)12-6-11-27-13-9-18(10-14-27)15-29-19-7-4-3-5-8-19/h3-5,7-8,16-18H,2,6,9-15H2,1H3,(H,23,24,25). The number of aromatic nitrogens is 4. The van der Waals surface area contributed by atoms with Crippen molar-refractivity contribution in [2.24, 2.45) is 5.92 Å². The van der Waals surface area contributed by atoms with Crippen LogP contribution in [0.3, 0.4) is 0 Å². The number of fused-ring (bicyclic) bond motifs is 1. The Morgan fingerprint density at radius 3 is 2.69 bits per heavy atom. The summed E-state index contributed by atoms with van der Waals surface area (Å²) in [5.41, 5.74) is 1.77. The second kappa shape index (κ2) is 9.69. The molecule has 7 nitrogen and oxygen atoms in total. The van der Waals surface area contributed by atoms with E-state index in [0.29, 0.717) is 5.92 Å². The number of para-hydroxylation sites is 1. The molecule has 0 spiro atoms. The number of likely N-dealkylation sites (tertiary alicyclic amines) is 1. The van der Waals surface area contributed by atoms with Gasteiger partial charge >= 0.3 is 0 Å². The summed E-state index contributed by atoms with van der Waals surface area (Å²) >= 11 is 0. The molecule has 1 aliphatic rings. The smallest absolute Gasteiger partial charge is 0.165 e. The fraction of sp³-hybridized carbons (Fsp3) is 0.500. The summed E-state index contributed by atoms with van der Waals surface area (Å²) < 4.78 is 8.07. The molecule has 1 aliphatic heterocycles. The lowest BCUT2D eigenvalue weighted by Gasteiger charge is -2.31. The van der Waals surface area contributed by atoms with E-state index in [4.69, 9.17) is 4.74 Å². The molecule has 4 rings (SSSR count). The Morgan fingerprint density at radius 1 is 1.07 bits per heavy atom. The molecule has 0 amide bonds. The van der Waals surface area contributed by atoms with Crippen LogP contribution in [0.2, 0.25) is 0 Å². The highest BCUT2D eigenvalue weighted by Gasteiger charge is 2.19. The van der Waals surface area contributed by atoms with E-state index in [-0.39, 0.29) is 0 Å². The molecule has 0 radical (unpaired) electrons. The van der Waals surface area contributed by atoms with Crippen LogP contribution in [0.25, 0.3) is 11.2 Å². The fourth-order valence-corrected chi connectivity index (χ4v) is 3.91. The predicted molar refractivity (Wildman–Crippen MR) is 115 cm³/mol. The van der Waals surface area contributed by atoms with Crippen LogP contribution in [0.4, 0.5) is 5.82 Å². The van der Waals surface area contributed by atoms with E-state index in [1.807, 2.05) is 36.7 Å². The summed E-state index contributed by atoms with van der Waals surface area (Å²) in [5, 5.41) is 3.25. The third-order valence-electron chi connectivity index (χ3n) is 5.55. The fourth-order valence-electron chi connectivity index (χ4n) is 3.91. The van der Waals surface area contributed by atoms with Crippen LogP contribution in [0.1, 0.15) is 26.2 Å².